The van der Waals surface area contributed by atoms with Crippen LogP contribution < -0.4 is 5.32 Å². The Bertz CT molecular complexity index is 632. The summed E-state index contributed by atoms with van der Waals surface area (Å²) < 4.78 is 0. The summed E-state index contributed by atoms with van der Waals surface area (Å²) in [6.07, 6.45) is 1.00. The van der Waals surface area contributed by atoms with Gasteiger partial charge < -0.3 is 10.2 Å². The number of carbonyl (C=O) groups is 1. The van der Waals surface area contributed by atoms with E-state index in [0.717, 1.165) is 30.8 Å². The van der Waals surface area contributed by atoms with Crippen LogP contribution in [0.2, 0.25) is 0 Å². The molecular formula is C16H21ClN4O. The molecule has 3 rings (SSSR count). The number of rotatable bonds is 3. The zero-order valence-corrected chi connectivity index (χ0v) is 13.6. The van der Waals surface area contributed by atoms with Crippen molar-refractivity contribution >= 4 is 18.3 Å². The molecule has 5 nitrogen and oxygen atoms in total. The second kappa shape index (κ2) is 6.94. The molecule has 2 N–H and O–H groups in total. The molecule has 2 heterocycles. The fourth-order valence-electron chi connectivity index (χ4n) is 2.63. The highest BCUT2D eigenvalue weighted by molar-refractivity contribution is 5.93. The molecule has 1 fully saturated rings. The summed E-state index contributed by atoms with van der Waals surface area (Å²) in [5.74, 6) is -0.00504. The second-order valence-corrected chi connectivity index (χ2v) is 5.60. The number of likely N-dealkylation sites (N-methyl/N-ethyl adjacent to an activating group) is 1. The highest BCUT2D eigenvalue weighted by Gasteiger charge is 2.25. The summed E-state index contributed by atoms with van der Waals surface area (Å²) in [5.41, 5.74) is 3.57. The number of hydrogen-bond acceptors (Lipinski definition) is 3. The van der Waals surface area contributed by atoms with Crippen molar-refractivity contribution in [2.24, 2.45) is 0 Å². The highest BCUT2D eigenvalue weighted by atomic mass is 35.5. The number of aromatic amines is 1. The van der Waals surface area contributed by atoms with Crippen molar-refractivity contribution in [3.8, 4) is 11.3 Å². The van der Waals surface area contributed by atoms with Gasteiger partial charge in [-0.25, -0.2) is 0 Å². The molecular weight excluding hydrogens is 300 g/mol. The molecule has 0 radical (unpaired) electrons. The number of aromatic nitrogens is 2. The van der Waals surface area contributed by atoms with Gasteiger partial charge in [0.1, 0.15) is 5.69 Å². The minimum Gasteiger partial charge on any atom is -0.336 e. The summed E-state index contributed by atoms with van der Waals surface area (Å²) in [7, 11) is 1.85. The van der Waals surface area contributed by atoms with E-state index < -0.39 is 0 Å². The third kappa shape index (κ3) is 3.31. The first-order valence-electron chi connectivity index (χ1n) is 7.25. The Labute approximate surface area is 136 Å². The second-order valence-electron chi connectivity index (χ2n) is 5.60. The molecule has 1 saturated heterocycles. The number of carbonyl (C=O) groups excluding carboxylic acids is 1. The monoisotopic (exact) mass is 320 g/mol. The van der Waals surface area contributed by atoms with E-state index >= 15 is 0 Å². The predicted molar refractivity (Wildman–Crippen MR) is 89.4 cm³/mol. The zero-order valence-electron chi connectivity index (χ0n) is 12.8. The number of nitrogens with one attached hydrogen (secondary N) is 2. The molecule has 118 valence electrons. The van der Waals surface area contributed by atoms with Gasteiger partial charge in [0.15, 0.2) is 0 Å². The number of hydrogen-bond donors (Lipinski definition) is 2. The minimum absolute atomic E-state index is 0. The van der Waals surface area contributed by atoms with Crippen LogP contribution >= 0.6 is 12.4 Å². The van der Waals surface area contributed by atoms with Crippen molar-refractivity contribution in [2.45, 2.75) is 19.4 Å². The van der Waals surface area contributed by atoms with Crippen molar-refractivity contribution in [3.05, 3.63) is 41.6 Å². The maximum atomic E-state index is 12.5. The van der Waals surface area contributed by atoms with E-state index in [1.54, 1.807) is 4.90 Å². The lowest BCUT2D eigenvalue weighted by Crippen LogP contribution is -2.38. The summed E-state index contributed by atoms with van der Waals surface area (Å²) in [6, 6.07) is 10.2. The van der Waals surface area contributed by atoms with Crippen molar-refractivity contribution < 1.29 is 4.79 Å². The summed E-state index contributed by atoms with van der Waals surface area (Å²) in [4.78, 5) is 14.3. The molecule has 1 amide bonds. The Hall–Kier alpha value is -1.85. The van der Waals surface area contributed by atoms with Crippen LogP contribution in [0.15, 0.2) is 30.3 Å². The van der Waals surface area contributed by atoms with E-state index in [-0.39, 0.29) is 24.4 Å². The van der Waals surface area contributed by atoms with Crippen LogP contribution in [0.3, 0.4) is 0 Å². The number of aryl methyl sites for hydroxylation is 1. The zero-order chi connectivity index (χ0) is 14.8. The van der Waals surface area contributed by atoms with Gasteiger partial charge in [-0.2, -0.15) is 5.10 Å². The molecule has 0 bridgehead atoms. The van der Waals surface area contributed by atoms with E-state index in [1.807, 2.05) is 44.3 Å². The average Bonchev–Trinajstić information content (AvgIpc) is 3.18. The molecule has 1 aliphatic rings. The van der Waals surface area contributed by atoms with Crippen molar-refractivity contribution in [3.63, 3.8) is 0 Å². The van der Waals surface area contributed by atoms with Gasteiger partial charge in [0.25, 0.3) is 5.91 Å². The first kappa shape index (κ1) is 16.5. The van der Waals surface area contributed by atoms with E-state index in [9.17, 15) is 4.79 Å². The summed E-state index contributed by atoms with van der Waals surface area (Å²) in [6.45, 7) is 3.88. The van der Waals surface area contributed by atoms with E-state index in [4.69, 9.17) is 0 Å². The maximum absolute atomic E-state index is 12.5. The normalized spacial score (nSPS) is 17.1. The lowest BCUT2D eigenvalue weighted by molar-refractivity contribution is 0.0738. The quantitative estimate of drug-likeness (QED) is 0.911. The molecule has 1 aromatic heterocycles. The van der Waals surface area contributed by atoms with Gasteiger partial charge in [-0.3, -0.25) is 9.89 Å². The molecule has 6 heteroatoms. The molecule has 0 aliphatic carbocycles. The van der Waals surface area contributed by atoms with Gasteiger partial charge in [0, 0.05) is 25.2 Å². The molecule has 1 unspecified atom stereocenters. The fraction of sp³-hybridized carbons (Fsp3) is 0.375. The van der Waals surface area contributed by atoms with E-state index in [0.29, 0.717) is 5.69 Å². The molecule has 22 heavy (non-hydrogen) atoms. The number of nitrogens with zero attached hydrogens (tertiary/aromatic N) is 2. The first-order chi connectivity index (χ1) is 10.1. The predicted octanol–water partition coefficient (Wildman–Crippen LogP) is 2.24. The Morgan fingerprint density at radius 3 is 2.68 bits per heavy atom. The average molecular weight is 321 g/mol. The highest BCUT2D eigenvalue weighted by Crippen LogP contribution is 2.19. The van der Waals surface area contributed by atoms with Crippen LogP contribution in [0.4, 0.5) is 0 Å². The number of H-pyrrole nitrogens is 1. The number of halogens is 1. The maximum Gasteiger partial charge on any atom is 0.271 e. The van der Waals surface area contributed by atoms with Crippen LogP contribution in [0, 0.1) is 6.92 Å². The summed E-state index contributed by atoms with van der Waals surface area (Å²) in [5, 5.41) is 10.4. The van der Waals surface area contributed by atoms with Gasteiger partial charge in [0.05, 0.1) is 5.69 Å². The van der Waals surface area contributed by atoms with Gasteiger partial charge in [0.2, 0.25) is 0 Å². The first-order valence-corrected chi connectivity index (χ1v) is 7.25. The van der Waals surface area contributed by atoms with Gasteiger partial charge in [-0.15, -0.1) is 12.4 Å². The minimum atomic E-state index is -0.00504. The molecule has 2 aromatic rings. The SMILES string of the molecule is Cc1ccc(-c2cc(C(=O)N(C)C3CCNC3)[nH]n2)cc1.Cl. The molecule has 0 spiro atoms. The van der Waals surface area contributed by atoms with Crippen LogP contribution in [0.25, 0.3) is 11.3 Å². The largest absolute Gasteiger partial charge is 0.336 e. The topological polar surface area (TPSA) is 61.0 Å². The third-order valence-electron chi connectivity index (χ3n) is 4.06. The Kier molecular flexibility index (Phi) is 5.21. The van der Waals surface area contributed by atoms with Crippen LogP contribution in [0.1, 0.15) is 22.5 Å². The van der Waals surface area contributed by atoms with Gasteiger partial charge in [-0.1, -0.05) is 29.8 Å². The van der Waals surface area contributed by atoms with Gasteiger partial charge >= 0.3 is 0 Å². The van der Waals surface area contributed by atoms with Crippen LogP contribution in [-0.4, -0.2) is 47.2 Å². The molecule has 1 atom stereocenters. The van der Waals surface area contributed by atoms with Crippen molar-refractivity contribution in [1.82, 2.24) is 20.4 Å². The summed E-state index contributed by atoms with van der Waals surface area (Å²) >= 11 is 0. The number of benzene rings is 1. The van der Waals surface area contributed by atoms with E-state index in [1.165, 1.54) is 5.56 Å². The van der Waals surface area contributed by atoms with Gasteiger partial charge in [-0.05, 0) is 26.0 Å². The Balaban J connectivity index is 0.00000176. The molecule has 1 aromatic carbocycles. The third-order valence-corrected chi connectivity index (χ3v) is 4.06. The molecule has 1 aliphatic heterocycles. The van der Waals surface area contributed by atoms with Crippen molar-refractivity contribution in [2.75, 3.05) is 20.1 Å². The fourth-order valence-corrected chi connectivity index (χ4v) is 2.63. The lowest BCUT2D eigenvalue weighted by atomic mass is 10.1. The van der Waals surface area contributed by atoms with Crippen molar-refractivity contribution in [1.29, 1.82) is 0 Å². The molecule has 0 saturated carbocycles. The lowest BCUT2D eigenvalue weighted by Gasteiger charge is -2.22. The Morgan fingerprint density at radius 2 is 2.05 bits per heavy atom. The van der Waals surface area contributed by atoms with E-state index in [2.05, 4.69) is 15.5 Å². The Morgan fingerprint density at radius 1 is 1.32 bits per heavy atom. The number of amides is 1. The smallest absolute Gasteiger partial charge is 0.271 e. The van der Waals surface area contributed by atoms with Crippen LogP contribution in [0.5, 0.6) is 0 Å². The van der Waals surface area contributed by atoms with Crippen LogP contribution in [-0.2, 0) is 0 Å². The standard InChI is InChI=1S/C16H20N4O.ClH/c1-11-3-5-12(6-4-11)14-9-15(19-18-14)16(21)20(2)13-7-8-17-10-13;/h3-6,9,13,17H,7-8,10H2,1-2H3,(H,18,19);1H.